The third-order valence-corrected chi connectivity index (χ3v) is 4.12. The van der Waals surface area contributed by atoms with Gasteiger partial charge in [-0.1, -0.05) is 0 Å². The first-order chi connectivity index (χ1) is 9.08. The molecule has 0 aromatic carbocycles. The third-order valence-electron chi connectivity index (χ3n) is 2.92. The maximum absolute atomic E-state index is 12.4. The van der Waals surface area contributed by atoms with Crippen LogP contribution >= 0.6 is 23.6 Å². The molecule has 1 unspecified atom stereocenters. The molecule has 1 atom stereocenters. The molecule has 3 rings (SSSR count). The summed E-state index contributed by atoms with van der Waals surface area (Å²) in [4.78, 5) is 19.7. The van der Waals surface area contributed by atoms with Gasteiger partial charge < -0.3 is 9.40 Å². The average molecular weight is 293 g/mol. The Labute approximate surface area is 117 Å². The van der Waals surface area contributed by atoms with E-state index in [-0.39, 0.29) is 11.6 Å². The summed E-state index contributed by atoms with van der Waals surface area (Å²) in [6, 6.07) is 1.51. The summed E-state index contributed by atoms with van der Waals surface area (Å²) in [5.41, 5.74) is 0.657. The van der Waals surface area contributed by atoms with Gasteiger partial charge in [-0.3, -0.25) is 9.36 Å². The smallest absolute Gasteiger partial charge is 0.272 e. The number of aromatic nitrogens is 3. The van der Waals surface area contributed by atoms with Gasteiger partial charge in [-0.05, 0) is 37.5 Å². The van der Waals surface area contributed by atoms with Gasteiger partial charge in [0.1, 0.15) is 16.5 Å². The molecular formula is C12H11N3O2S2. The number of aromatic amines is 1. The molecule has 98 valence electrons. The van der Waals surface area contributed by atoms with Crippen molar-refractivity contribution in [2.45, 2.75) is 19.9 Å². The van der Waals surface area contributed by atoms with Gasteiger partial charge in [0.05, 0.1) is 11.7 Å². The molecule has 0 aliphatic rings. The van der Waals surface area contributed by atoms with E-state index >= 15 is 0 Å². The largest absolute Gasteiger partial charge is 0.444 e. The van der Waals surface area contributed by atoms with E-state index in [0.717, 1.165) is 5.52 Å². The SMILES string of the molecule is Cc1cnc(C(C)n2c(=S)[nH]c3ccsc3c2=O)o1. The fraction of sp³-hybridized carbons (Fsp3) is 0.250. The Hall–Kier alpha value is -1.73. The molecule has 0 aliphatic heterocycles. The molecule has 1 N–H and O–H groups in total. The Balaban J connectivity index is 2.25. The van der Waals surface area contributed by atoms with E-state index in [1.165, 1.54) is 15.9 Å². The van der Waals surface area contributed by atoms with Crippen LogP contribution in [0.3, 0.4) is 0 Å². The number of nitrogens with one attached hydrogen (secondary N) is 1. The molecule has 3 heterocycles. The second-order valence-electron chi connectivity index (χ2n) is 4.25. The van der Waals surface area contributed by atoms with Crippen molar-refractivity contribution in [2.75, 3.05) is 0 Å². The minimum Gasteiger partial charge on any atom is -0.444 e. The summed E-state index contributed by atoms with van der Waals surface area (Å²) >= 11 is 6.65. The van der Waals surface area contributed by atoms with Crippen LogP contribution in [0.4, 0.5) is 0 Å². The number of thiophene rings is 1. The summed E-state index contributed by atoms with van der Waals surface area (Å²) < 4.78 is 8.01. The Morgan fingerprint density at radius 1 is 1.58 bits per heavy atom. The van der Waals surface area contributed by atoms with Crippen LogP contribution in [0.15, 0.2) is 26.9 Å². The zero-order valence-corrected chi connectivity index (χ0v) is 12.0. The Kier molecular flexibility index (Phi) is 2.87. The maximum Gasteiger partial charge on any atom is 0.272 e. The lowest BCUT2D eigenvalue weighted by Gasteiger charge is -2.11. The average Bonchev–Trinajstić information content (AvgIpc) is 2.97. The highest BCUT2D eigenvalue weighted by molar-refractivity contribution is 7.71. The summed E-state index contributed by atoms with van der Waals surface area (Å²) in [6.07, 6.45) is 1.63. The first-order valence-electron chi connectivity index (χ1n) is 5.72. The van der Waals surface area contributed by atoms with Crippen molar-refractivity contribution in [3.05, 3.63) is 44.4 Å². The van der Waals surface area contributed by atoms with Crippen LogP contribution in [0, 0.1) is 11.7 Å². The molecule has 0 saturated heterocycles. The minimum atomic E-state index is -0.337. The van der Waals surface area contributed by atoms with Crippen molar-refractivity contribution in [3.63, 3.8) is 0 Å². The molecule has 3 aromatic heterocycles. The molecular weight excluding hydrogens is 282 g/mol. The molecule has 0 fully saturated rings. The fourth-order valence-electron chi connectivity index (χ4n) is 1.98. The summed E-state index contributed by atoms with van der Waals surface area (Å²) in [5.74, 6) is 1.19. The lowest BCUT2D eigenvalue weighted by atomic mass is 10.3. The van der Waals surface area contributed by atoms with Crippen LogP contribution in [0.25, 0.3) is 10.2 Å². The van der Waals surface area contributed by atoms with E-state index in [1.54, 1.807) is 6.20 Å². The molecule has 0 bridgehead atoms. The van der Waals surface area contributed by atoms with E-state index in [1.807, 2.05) is 25.3 Å². The molecule has 0 spiro atoms. The molecule has 0 amide bonds. The number of hydrogen-bond donors (Lipinski definition) is 1. The topological polar surface area (TPSA) is 63.8 Å². The van der Waals surface area contributed by atoms with Crippen molar-refractivity contribution >= 4 is 33.8 Å². The molecule has 0 saturated carbocycles. The van der Waals surface area contributed by atoms with Gasteiger partial charge in [0, 0.05) is 0 Å². The number of rotatable bonds is 2. The van der Waals surface area contributed by atoms with Crippen LogP contribution in [-0.2, 0) is 0 Å². The highest BCUT2D eigenvalue weighted by Gasteiger charge is 2.18. The second-order valence-corrected chi connectivity index (χ2v) is 5.56. The molecule has 7 heteroatoms. The number of H-pyrrole nitrogens is 1. The van der Waals surface area contributed by atoms with Gasteiger partial charge in [-0.25, -0.2) is 4.98 Å². The number of aryl methyl sites for hydroxylation is 1. The molecule has 0 radical (unpaired) electrons. The van der Waals surface area contributed by atoms with Crippen molar-refractivity contribution in [3.8, 4) is 0 Å². The first-order valence-corrected chi connectivity index (χ1v) is 7.01. The van der Waals surface area contributed by atoms with Crippen molar-refractivity contribution in [1.82, 2.24) is 14.5 Å². The van der Waals surface area contributed by atoms with Gasteiger partial charge >= 0.3 is 0 Å². The predicted octanol–water partition coefficient (Wildman–Crippen LogP) is 3.03. The third kappa shape index (κ3) is 1.95. The van der Waals surface area contributed by atoms with Crippen molar-refractivity contribution in [1.29, 1.82) is 0 Å². The summed E-state index contributed by atoms with van der Waals surface area (Å²) in [7, 11) is 0. The summed E-state index contributed by atoms with van der Waals surface area (Å²) in [5, 5.41) is 1.86. The Morgan fingerprint density at radius 2 is 2.37 bits per heavy atom. The van der Waals surface area contributed by atoms with E-state index < -0.39 is 0 Å². The fourth-order valence-corrected chi connectivity index (χ4v) is 3.11. The Bertz CT molecular complexity index is 856. The number of oxazole rings is 1. The molecule has 0 aliphatic carbocycles. The Morgan fingerprint density at radius 3 is 3.05 bits per heavy atom. The predicted molar refractivity (Wildman–Crippen MR) is 76.3 cm³/mol. The lowest BCUT2D eigenvalue weighted by Crippen LogP contribution is -2.25. The number of hydrogen-bond acceptors (Lipinski definition) is 5. The van der Waals surface area contributed by atoms with Crippen LogP contribution in [0.1, 0.15) is 24.6 Å². The quantitative estimate of drug-likeness (QED) is 0.738. The van der Waals surface area contributed by atoms with Gasteiger partial charge in [0.15, 0.2) is 4.77 Å². The van der Waals surface area contributed by atoms with Gasteiger partial charge in [0.25, 0.3) is 5.56 Å². The monoisotopic (exact) mass is 293 g/mol. The van der Waals surface area contributed by atoms with E-state index in [2.05, 4.69) is 9.97 Å². The van der Waals surface area contributed by atoms with Crippen LogP contribution in [-0.4, -0.2) is 14.5 Å². The van der Waals surface area contributed by atoms with E-state index in [0.29, 0.717) is 21.1 Å². The second kappa shape index (κ2) is 4.43. The maximum atomic E-state index is 12.4. The zero-order chi connectivity index (χ0) is 13.6. The normalized spacial score (nSPS) is 12.9. The first kappa shape index (κ1) is 12.3. The zero-order valence-electron chi connectivity index (χ0n) is 10.3. The minimum absolute atomic E-state index is 0.114. The highest BCUT2D eigenvalue weighted by Crippen LogP contribution is 2.19. The molecule has 19 heavy (non-hydrogen) atoms. The molecule has 3 aromatic rings. The van der Waals surface area contributed by atoms with Gasteiger partial charge in [-0.2, -0.15) is 0 Å². The molecule has 5 nitrogen and oxygen atoms in total. The lowest BCUT2D eigenvalue weighted by molar-refractivity contribution is 0.407. The van der Waals surface area contributed by atoms with E-state index in [4.69, 9.17) is 16.6 Å². The van der Waals surface area contributed by atoms with Gasteiger partial charge in [-0.15, -0.1) is 11.3 Å². The van der Waals surface area contributed by atoms with Crippen LogP contribution in [0.2, 0.25) is 0 Å². The van der Waals surface area contributed by atoms with Crippen molar-refractivity contribution in [2.24, 2.45) is 0 Å². The summed E-state index contributed by atoms with van der Waals surface area (Å²) in [6.45, 7) is 3.66. The highest BCUT2D eigenvalue weighted by atomic mass is 32.1. The van der Waals surface area contributed by atoms with Crippen LogP contribution in [0.5, 0.6) is 0 Å². The van der Waals surface area contributed by atoms with Crippen molar-refractivity contribution < 1.29 is 4.42 Å². The van der Waals surface area contributed by atoms with Crippen LogP contribution < -0.4 is 5.56 Å². The van der Waals surface area contributed by atoms with E-state index in [9.17, 15) is 4.79 Å². The van der Waals surface area contributed by atoms with Gasteiger partial charge in [0.2, 0.25) is 5.89 Å². The number of fused-ring (bicyclic) bond motifs is 1. The standard InChI is InChI=1S/C12H11N3O2S2/c1-6-5-13-10(17-6)7(2)15-11(16)9-8(3-4-19-9)14-12(15)18/h3-5,7H,1-2H3,(H,14,18). The number of nitrogens with zero attached hydrogens (tertiary/aromatic N) is 2.